The van der Waals surface area contributed by atoms with Crippen LogP contribution < -0.4 is 0 Å². The Hall–Kier alpha value is -0.980. The molecule has 134 valence electrons. The maximum Gasteiger partial charge on any atom is 0.229 e. The third-order valence-corrected chi connectivity index (χ3v) is 5.41. The molecular weight excluding hydrogens is 306 g/mol. The lowest BCUT2D eigenvalue weighted by molar-refractivity contribution is -0.000630. The maximum absolute atomic E-state index is 6.09. The molecule has 0 radical (unpaired) electrons. The molecule has 1 aromatic rings. The third kappa shape index (κ3) is 4.55. The van der Waals surface area contributed by atoms with Crippen LogP contribution in [0.25, 0.3) is 0 Å². The standard InChI is InChI=1S/C18H29N3O3/c1-2-16(13-21(8-1)12-14-3-4-14)23-11-7-17-19-18(24-20-17)15-5-9-22-10-6-15/h14-16H,1-13H2. The summed E-state index contributed by atoms with van der Waals surface area (Å²) in [6.45, 7) is 5.90. The van der Waals surface area contributed by atoms with Crippen LogP contribution >= 0.6 is 0 Å². The van der Waals surface area contributed by atoms with Crippen LogP contribution in [-0.2, 0) is 15.9 Å². The first-order valence-corrected chi connectivity index (χ1v) is 9.61. The second-order valence-corrected chi connectivity index (χ2v) is 7.52. The molecule has 1 atom stereocenters. The van der Waals surface area contributed by atoms with Gasteiger partial charge >= 0.3 is 0 Å². The van der Waals surface area contributed by atoms with Crippen molar-refractivity contribution in [2.75, 3.05) is 39.5 Å². The van der Waals surface area contributed by atoms with Gasteiger partial charge in [0, 0.05) is 38.6 Å². The van der Waals surface area contributed by atoms with E-state index in [1.165, 1.54) is 38.8 Å². The molecule has 2 aliphatic heterocycles. The molecule has 0 spiro atoms. The molecular formula is C18H29N3O3. The summed E-state index contributed by atoms with van der Waals surface area (Å²) in [4.78, 5) is 7.14. The Bertz CT molecular complexity index is 511. The minimum Gasteiger partial charge on any atom is -0.381 e. The molecule has 3 fully saturated rings. The number of piperidine rings is 1. The first kappa shape index (κ1) is 16.5. The van der Waals surface area contributed by atoms with Gasteiger partial charge in [-0.2, -0.15) is 4.98 Å². The van der Waals surface area contributed by atoms with Gasteiger partial charge in [0.2, 0.25) is 5.89 Å². The predicted octanol–water partition coefficient (Wildman–Crippen LogP) is 2.40. The molecule has 6 nitrogen and oxygen atoms in total. The summed E-state index contributed by atoms with van der Waals surface area (Å²) in [6.07, 6.45) is 8.37. The van der Waals surface area contributed by atoms with E-state index in [4.69, 9.17) is 14.0 Å². The molecule has 4 rings (SSSR count). The van der Waals surface area contributed by atoms with Crippen LogP contribution in [-0.4, -0.2) is 60.6 Å². The fourth-order valence-electron chi connectivity index (χ4n) is 3.78. The molecule has 1 saturated carbocycles. The molecule has 0 amide bonds. The average Bonchev–Trinajstić information content (AvgIpc) is 3.30. The largest absolute Gasteiger partial charge is 0.381 e. The lowest BCUT2D eigenvalue weighted by Crippen LogP contribution is -2.40. The van der Waals surface area contributed by atoms with E-state index >= 15 is 0 Å². The molecule has 0 aromatic carbocycles. The number of ether oxygens (including phenoxy) is 2. The normalized spacial score (nSPS) is 26.8. The molecule has 6 heteroatoms. The number of nitrogens with zero attached hydrogens (tertiary/aromatic N) is 3. The third-order valence-electron chi connectivity index (χ3n) is 5.41. The second kappa shape index (κ2) is 7.93. The Morgan fingerprint density at radius 1 is 1.12 bits per heavy atom. The molecule has 1 aromatic heterocycles. The predicted molar refractivity (Wildman–Crippen MR) is 88.9 cm³/mol. The van der Waals surface area contributed by atoms with Crippen molar-refractivity contribution in [2.24, 2.45) is 5.92 Å². The van der Waals surface area contributed by atoms with Crippen molar-refractivity contribution >= 4 is 0 Å². The average molecular weight is 335 g/mol. The van der Waals surface area contributed by atoms with E-state index in [0.717, 1.165) is 56.7 Å². The van der Waals surface area contributed by atoms with Crippen molar-refractivity contribution in [3.8, 4) is 0 Å². The topological polar surface area (TPSA) is 60.6 Å². The molecule has 2 saturated heterocycles. The highest BCUT2D eigenvalue weighted by Crippen LogP contribution is 2.30. The van der Waals surface area contributed by atoms with Crippen LogP contribution in [0.3, 0.4) is 0 Å². The number of hydrogen-bond acceptors (Lipinski definition) is 6. The van der Waals surface area contributed by atoms with E-state index in [1.54, 1.807) is 0 Å². The van der Waals surface area contributed by atoms with Gasteiger partial charge < -0.3 is 18.9 Å². The minimum absolute atomic E-state index is 0.371. The lowest BCUT2D eigenvalue weighted by Gasteiger charge is -2.32. The molecule has 0 N–H and O–H groups in total. The highest BCUT2D eigenvalue weighted by Gasteiger charge is 2.28. The van der Waals surface area contributed by atoms with Gasteiger partial charge in [0.25, 0.3) is 0 Å². The van der Waals surface area contributed by atoms with Gasteiger partial charge in [-0.25, -0.2) is 0 Å². The van der Waals surface area contributed by atoms with Crippen LogP contribution in [0.2, 0.25) is 0 Å². The summed E-state index contributed by atoms with van der Waals surface area (Å²) in [6, 6.07) is 0. The zero-order valence-electron chi connectivity index (χ0n) is 14.5. The number of hydrogen-bond donors (Lipinski definition) is 0. The van der Waals surface area contributed by atoms with Crippen molar-refractivity contribution in [3.05, 3.63) is 11.7 Å². The van der Waals surface area contributed by atoms with Crippen LogP contribution in [0.15, 0.2) is 4.52 Å². The van der Waals surface area contributed by atoms with Crippen molar-refractivity contribution in [3.63, 3.8) is 0 Å². The Morgan fingerprint density at radius 3 is 2.83 bits per heavy atom. The molecule has 0 bridgehead atoms. The zero-order chi connectivity index (χ0) is 16.2. The Morgan fingerprint density at radius 2 is 2.00 bits per heavy atom. The van der Waals surface area contributed by atoms with Crippen LogP contribution in [0.1, 0.15) is 56.2 Å². The maximum atomic E-state index is 6.09. The van der Waals surface area contributed by atoms with E-state index < -0.39 is 0 Å². The van der Waals surface area contributed by atoms with Crippen molar-refractivity contribution in [1.29, 1.82) is 0 Å². The first-order valence-electron chi connectivity index (χ1n) is 9.61. The van der Waals surface area contributed by atoms with E-state index in [2.05, 4.69) is 15.0 Å². The highest BCUT2D eigenvalue weighted by atomic mass is 16.5. The van der Waals surface area contributed by atoms with Crippen molar-refractivity contribution in [1.82, 2.24) is 15.0 Å². The van der Waals surface area contributed by atoms with Gasteiger partial charge in [-0.15, -0.1) is 0 Å². The van der Waals surface area contributed by atoms with Crippen molar-refractivity contribution in [2.45, 2.75) is 57.0 Å². The van der Waals surface area contributed by atoms with Gasteiger partial charge in [-0.1, -0.05) is 5.16 Å². The number of aromatic nitrogens is 2. The van der Waals surface area contributed by atoms with E-state index in [-0.39, 0.29) is 0 Å². The van der Waals surface area contributed by atoms with E-state index in [0.29, 0.717) is 18.6 Å². The van der Waals surface area contributed by atoms with Crippen LogP contribution in [0.4, 0.5) is 0 Å². The summed E-state index contributed by atoms with van der Waals surface area (Å²) in [5, 5.41) is 4.12. The number of likely N-dealkylation sites (tertiary alicyclic amines) is 1. The van der Waals surface area contributed by atoms with Gasteiger partial charge in [0.1, 0.15) is 0 Å². The molecule has 1 aliphatic carbocycles. The minimum atomic E-state index is 0.371. The number of rotatable bonds is 7. The van der Waals surface area contributed by atoms with Gasteiger partial charge in [0.05, 0.1) is 12.7 Å². The monoisotopic (exact) mass is 335 g/mol. The summed E-state index contributed by atoms with van der Waals surface area (Å²) in [5.41, 5.74) is 0. The fourth-order valence-corrected chi connectivity index (χ4v) is 3.78. The van der Waals surface area contributed by atoms with Gasteiger partial charge in [-0.3, -0.25) is 0 Å². The molecule has 1 unspecified atom stereocenters. The summed E-state index contributed by atoms with van der Waals surface area (Å²) >= 11 is 0. The zero-order valence-corrected chi connectivity index (χ0v) is 14.5. The van der Waals surface area contributed by atoms with E-state index in [1.807, 2.05) is 0 Å². The van der Waals surface area contributed by atoms with Gasteiger partial charge in [-0.05, 0) is 51.0 Å². The fraction of sp³-hybridized carbons (Fsp3) is 0.889. The van der Waals surface area contributed by atoms with Crippen LogP contribution in [0, 0.1) is 5.92 Å². The Labute approximate surface area is 143 Å². The van der Waals surface area contributed by atoms with Gasteiger partial charge in [0.15, 0.2) is 5.82 Å². The molecule has 3 heterocycles. The molecule has 3 aliphatic rings. The van der Waals surface area contributed by atoms with Crippen LogP contribution in [0.5, 0.6) is 0 Å². The van der Waals surface area contributed by atoms with E-state index in [9.17, 15) is 0 Å². The summed E-state index contributed by atoms with van der Waals surface area (Å²) in [7, 11) is 0. The Kier molecular flexibility index (Phi) is 5.45. The Balaban J connectivity index is 1.18. The first-order chi connectivity index (χ1) is 11.9. The quantitative estimate of drug-likeness (QED) is 0.762. The summed E-state index contributed by atoms with van der Waals surface area (Å²) in [5.74, 6) is 2.89. The smallest absolute Gasteiger partial charge is 0.229 e. The SMILES string of the molecule is C1CC(OCCc2noc(C3CCOCC3)n2)CN(CC2CC2)C1. The highest BCUT2D eigenvalue weighted by molar-refractivity contribution is 4.95. The molecule has 24 heavy (non-hydrogen) atoms. The summed E-state index contributed by atoms with van der Waals surface area (Å²) < 4.78 is 16.9. The second-order valence-electron chi connectivity index (χ2n) is 7.52. The van der Waals surface area contributed by atoms with Crippen molar-refractivity contribution < 1.29 is 14.0 Å². The lowest BCUT2D eigenvalue weighted by atomic mass is 10.0.